The molecule has 136 valence electrons. The molecule has 1 amide bonds. The van der Waals surface area contributed by atoms with Gasteiger partial charge in [0.1, 0.15) is 0 Å². The molecular formula is C21H21N5O. The molecule has 1 aliphatic carbocycles. The summed E-state index contributed by atoms with van der Waals surface area (Å²) < 4.78 is 0. The minimum Gasteiger partial charge on any atom is -0.368 e. The van der Waals surface area contributed by atoms with Crippen LogP contribution in [0.3, 0.4) is 0 Å². The maximum atomic E-state index is 13.1. The number of amides is 1. The van der Waals surface area contributed by atoms with Crippen LogP contribution in [0.15, 0.2) is 55.1 Å². The molecule has 0 unspecified atom stereocenters. The van der Waals surface area contributed by atoms with E-state index in [-0.39, 0.29) is 11.9 Å². The molecule has 3 N–H and O–H groups in total. The van der Waals surface area contributed by atoms with E-state index < -0.39 is 5.41 Å². The number of aryl methyl sites for hydroxylation is 1. The molecule has 3 aromatic rings. The Labute approximate surface area is 157 Å². The van der Waals surface area contributed by atoms with Crippen molar-refractivity contribution in [2.24, 2.45) is 0 Å². The van der Waals surface area contributed by atoms with Crippen LogP contribution in [0, 0.1) is 6.92 Å². The minimum absolute atomic E-state index is 0.0478. The topological polar surface area (TPSA) is 93.8 Å². The first kappa shape index (κ1) is 17.1. The summed E-state index contributed by atoms with van der Waals surface area (Å²) in [6.07, 6.45) is 9.62. The number of nitrogens with one attached hydrogen (secondary N) is 1. The molecule has 0 saturated heterocycles. The van der Waals surface area contributed by atoms with Crippen LogP contribution >= 0.6 is 0 Å². The van der Waals surface area contributed by atoms with Gasteiger partial charge in [0.2, 0.25) is 11.9 Å². The van der Waals surface area contributed by atoms with Crippen LogP contribution in [-0.4, -0.2) is 20.9 Å². The number of carbonyl (C=O) groups is 1. The number of hydrogen-bond donors (Lipinski definition) is 2. The average molecular weight is 359 g/mol. The quantitative estimate of drug-likeness (QED) is 0.744. The molecule has 2 aromatic heterocycles. The lowest BCUT2D eigenvalue weighted by molar-refractivity contribution is -0.124. The first-order valence-electron chi connectivity index (χ1n) is 8.99. The molecule has 0 radical (unpaired) electrons. The van der Waals surface area contributed by atoms with E-state index in [4.69, 9.17) is 5.73 Å². The molecule has 1 aliphatic rings. The summed E-state index contributed by atoms with van der Waals surface area (Å²) in [7, 11) is 0. The van der Waals surface area contributed by atoms with E-state index in [1.807, 2.05) is 37.3 Å². The second kappa shape index (κ2) is 6.79. The lowest BCUT2D eigenvalue weighted by Crippen LogP contribution is -2.46. The Kier molecular flexibility index (Phi) is 4.32. The van der Waals surface area contributed by atoms with E-state index in [1.165, 1.54) is 0 Å². The van der Waals surface area contributed by atoms with Gasteiger partial charge in [-0.05, 0) is 42.5 Å². The second-order valence-electron chi connectivity index (χ2n) is 6.99. The minimum atomic E-state index is -0.466. The molecule has 0 spiro atoms. The lowest BCUT2D eigenvalue weighted by atomic mass is 9.63. The zero-order valence-corrected chi connectivity index (χ0v) is 15.1. The number of nitrogens with two attached hydrogens (primary N) is 1. The third-order valence-corrected chi connectivity index (χ3v) is 5.35. The summed E-state index contributed by atoms with van der Waals surface area (Å²) in [6.45, 7) is 1.94. The fourth-order valence-corrected chi connectivity index (χ4v) is 3.50. The van der Waals surface area contributed by atoms with Crippen LogP contribution in [0.1, 0.15) is 30.4 Å². The number of rotatable bonds is 4. The summed E-state index contributed by atoms with van der Waals surface area (Å²) in [6, 6.07) is 9.92. The van der Waals surface area contributed by atoms with Crippen molar-refractivity contribution in [1.82, 2.24) is 15.0 Å². The van der Waals surface area contributed by atoms with Crippen molar-refractivity contribution in [3.05, 3.63) is 66.2 Å². The van der Waals surface area contributed by atoms with Crippen molar-refractivity contribution >= 4 is 17.5 Å². The highest BCUT2D eigenvalue weighted by Gasteiger charge is 2.45. The Hall–Kier alpha value is -3.28. The first-order valence-corrected chi connectivity index (χ1v) is 8.99. The summed E-state index contributed by atoms with van der Waals surface area (Å²) >= 11 is 0. The maximum absolute atomic E-state index is 13.1. The molecule has 0 bridgehead atoms. The van der Waals surface area contributed by atoms with Gasteiger partial charge in [0, 0.05) is 36.0 Å². The van der Waals surface area contributed by atoms with Crippen molar-refractivity contribution < 1.29 is 4.79 Å². The third-order valence-electron chi connectivity index (χ3n) is 5.35. The van der Waals surface area contributed by atoms with Gasteiger partial charge in [-0.2, -0.15) is 0 Å². The Morgan fingerprint density at radius 3 is 2.33 bits per heavy atom. The Morgan fingerprint density at radius 2 is 1.74 bits per heavy atom. The van der Waals surface area contributed by atoms with Gasteiger partial charge < -0.3 is 11.1 Å². The monoisotopic (exact) mass is 359 g/mol. The highest BCUT2D eigenvalue weighted by molar-refractivity contribution is 6.00. The van der Waals surface area contributed by atoms with Gasteiger partial charge in [0.25, 0.3) is 0 Å². The van der Waals surface area contributed by atoms with Gasteiger partial charge >= 0.3 is 0 Å². The molecule has 2 heterocycles. The Morgan fingerprint density at radius 1 is 1.04 bits per heavy atom. The molecule has 27 heavy (non-hydrogen) atoms. The molecule has 0 aliphatic heterocycles. The number of nitrogen functional groups attached to an aromatic ring is 1. The van der Waals surface area contributed by atoms with Gasteiger partial charge in [-0.15, -0.1) is 0 Å². The van der Waals surface area contributed by atoms with Gasteiger partial charge in [0.05, 0.1) is 5.41 Å². The number of anilines is 2. The van der Waals surface area contributed by atoms with E-state index in [0.717, 1.165) is 47.2 Å². The summed E-state index contributed by atoms with van der Waals surface area (Å²) in [4.78, 5) is 25.2. The zero-order chi connectivity index (χ0) is 18.9. The van der Waals surface area contributed by atoms with Crippen LogP contribution in [0.2, 0.25) is 0 Å². The number of aromatic nitrogens is 3. The molecular weight excluding hydrogens is 338 g/mol. The molecule has 1 aromatic carbocycles. The first-order chi connectivity index (χ1) is 13.1. The zero-order valence-electron chi connectivity index (χ0n) is 15.1. The van der Waals surface area contributed by atoms with Gasteiger partial charge in [-0.25, -0.2) is 9.97 Å². The third kappa shape index (κ3) is 3.14. The number of nitrogens with zero attached hydrogens (tertiary/aromatic N) is 3. The maximum Gasteiger partial charge on any atom is 0.235 e. The number of benzene rings is 1. The van der Waals surface area contributed by atoms with Crippen molar-refractivity contribution in [2.75, 3.05) is 11.1 Å². The fraction of sp³-hybridized carbons (Fsp3) is 0.238. The number of carbonyl (C=O) groups excluding carboxylic acids is 1. The molecule has 1 fully saturated rings. The van der Waals surface area contributed by atoms with Crippen LogP contribution in [-0.2, 0) is 10.2 Å². The summed E-state index contributed by atoms with van der Waals surface area (Å²) in [5, 5.41) is 3.09. The van der Waals surface area contributed by atoms with Crippen molar-refractivity contribution in [3.63, 3.8) is 0 Å². The van der Waals surface area contributed by atoms with Crippen LogP contribution in [0.5, 0.6) is 0 Å². The normalized spacial score (nSPS) is 15.0. The van der Waals surface area contributed by atoms with Crippen molar-refractivity contribution in [2.45, 2.75) is 31.6 Å². The molecule has 1 saturated carbocycles. The second-order valence-corrected chi connectivity index (χ2v) is 6.99. The Balaban J connectivity index is 1.59. The van der Waals surface area contributed by atoms with Crippen LogP contribution in [0.4, 0.5) is 11.6 Å². The van der Waals surface area contributed by atoms with Crippen molar-refractivity contribution in [3.8, 4) is 11.1 Å². The summed E-state index contributed by atoms with van der Waals surface area (Å²) in [5.74, 6) is 0.304. The van der Waals surface area contributed by atoms with E-state index in [2.05, 4.69) is 20.3 Å². The molecule has 6 nitrogen and oxygen atoms in total. The molecule has 4 rings (SSSR count). The van der Waals surface area contributed by atoms with Crippen LogP contribution in [0.25, 0.3) is 11.1 Å². The largest absolute Gasteiger partial charge is 0.368 e. The highest BCUT2D eigenvalue weighted by Crippen LogP contribution is 2.45. The highest BCUT2D eigenvalue weighted by atomic mass is 16.2. The van der Waals surface area contributed by atoms with Crippen LogP contribution < -0.4 is 11.1 Å². The predicted molar refractivity (Wildman–Crippen MR) is 105 cm³/mol. The number of pyridine rings is 1. The molecule has 0 atom stereocenters. The predicted octanol–water partition coefficient (Wildman–Crippen LogP) is 3.49. The van der Waals surface area contributed by atoms with Gasteiger partial charge in [-0.3, -0.25) is 9.78 Å². The smallest absolute Gasteiger partial charge is 0.235 e. The van der Waals surface area contributed by atoms with E-state index in [9.17, 15) is 4.79 Å². The summed E-state index contributed by atoms with van der Waals surface area (Å²) in [5.41, 5.74) is 9.79. The van der Waals surface area contributed by atoms with E-state index in [0.29, 0.717) is 0 Å². The number of hydrogen-bond acceptors (Lipinski definition) is 5. The van der Waals surface area contributed by atoms with E-state index in [1.54, 1.807) is 24.8 Å². The van der Waals surface area contributed by atoms with Gasteiger partial charge in [-0.1, -0.05) is 30.7 Å². The average Bonchev–Trinajstić information content (AvgIpc) is 2.64. The lowest BCUT2D eigenvalue weighted by Gasteiger charge is -2.41. The fourth-order valence-electron chi connectivity index (χ4n) is 3.50. The van der Waals surface area contributed by atoms with Crippen molar-refractivity contribution in [1.29, 1.82) is 0 Å². The van der Waals surface area contributed by atoms with Gasteiger partial charge in [0.15, 0.2) is 0 Å². The standard InChI is InChI=1S/C21H21N5O/c1-14-11-23-10-7-18(14)26-19(27)21(8-2-9-21)17-5-3-15(4-6-17)16-12-24-20(22)25-13-16/h3-7,10-13H,2,8-9H2,1H3,(H2,22,24,25)(H,23,26,27). The SMILES string of the molecule is Cc1cnccc1NC(=O)C1(c2ccc(-c3cnc(N)nc3)cc2)CCC1. The van der Waals surface area contributed by atoms with E-state index >= 15 is 0 Å². The molecule has 6 heteroatoms. The Bertz CT molecular complexity index is 963.